The molecular formula is C9H18N4S. The second-order valence-electron chi connectivity index (χ2n) is 3.81. The Bertz CT molecular complexity index is 270. The maximum absolute atomic E-state index is 4.38. The van der Waals surface area contributed by atoms with Crippen molar-refractivity contribution < 1.29 is 0 Å². The molecule has 1 aromatic heterocycles. The molecule has 0 spiro atoms. The number of nitrogens with one attached hydrogen (secondary N) is 1. The molecule has 0 saturated carbocycles. The molecule has 14 heavy (non-hydrogen) atoms. The summed E-state index contributed by atoms with van der Waals surface area (Å²) in [4.78, 5) is 6.54. The summed E-state index contributed by atoms with van der Waals surface area (Å²) < 4.78 is 0. The lowest BCUT2D eigenvalue weighted by Gasteiger charge is -2.06. The van der Waals surface area contributed by atoms with E-state index in [1.807, 2.05) is 0 Å². The first kappa shape index (κ1) is 11.5. The number of aromatic amines is 1. The molecule has 80 valence electrons. The average Bonchev–Trinajstić information content (AvgIpc) is 2.52. The zero-order chi connectivity index (χ0) is 10.6. The van der Waals surface area contributed by atoms with Gasteiger partial charge < -0.3 is 4.90 Å². The van der Waals surface area contributed by atoms with E-state index in [0.29, 0.717) is 5.92 Å². The third kappa shape index (κ3) is 3.67. The van der Waals surface area contributed by atoms with E-state index >= 15 is 0 Å². The van der Waals surface area contributed by atoms with Gasteiger partial charge in [0.25, 0.3) is 0 Å². The van der Waals surface area contributed by atoms with Crippen molar-refractivity contribution in [3.8, 4) is 0 Å². The van der Waals surface area contributed by atoms with Crippen molar-refractivity contribution in [1.82, 2.24) is 20.1 Å². The summed E-state index contributed by atoms with van der Waals surface area (Å²) in [6.07, 6.45) is 0. The molecule has 5 heteroatoms. The fraction of sp³-hybridized carbons (Fsp3) is 0.778. The van der Waals surface area contributed by atoms with Gasteiger partial charge in [0.2, 0.25) is 5.16 Å². The van der Waals surface area contributed by atoms with Crippen LogP contribution in [0.2, 0.25) is 0 Å². The Morgan fingerprint density at radius 1 is 1.43 bits per heavy atom. The second-order valence-corrected chi connectivity index (χ2v) is 4.87. The SMILES string of the molecule is CC(C)c1nc(SCCN(C)C)n[nH]1. The smallest absolute Gasteiger partial charge is 0.208 e. The molecule has 0 atom stereocenters. The Kier molecular flexibility index (Phi) is 4.41. The van der Waals surface area contributed by atoms with Crippen LogP contribution in [0, 0.1) is 0 Å². The van der Waals surface area contributed by atoms with Gasteiger partial charge in [-0.3, -0.25) is 5.10 Å². The van der Waals surface area contributed by atoms with E-state index in [9.17, 15) is 0 Å². The standard InChI is InChI=1S/C9H18N4S/c1-7(2)8-10-9(12-11-8)14-6-5-13(3)4/h7H,5-6H2,1-4H3,(H,10,11,12). The minimum Gasteiger partial charge on any atom is -0.309 e. The van der Waals surface area contributed by atoms with Crippen LogP contribution in [-0.4, -0.2) is 46.5 Å². The van der Waals surface area contributed by atoms with Gasteiger partial charge in [0.1, 0.15) is 5.82 Å². The van der Waals surface area contributed by atoms with Gasteiger partial charge in [0.15, 0.2) is 0 Å². The summed E-state index contributed by atoms with van der Waals surface area (Å²) in [6.45, 7) is 5.26. The predicted molar refractivity (Wildman–Crippen MR) is 59.7 cm³/mol. The van der Waals surface area contributed by atoms with Crippen LogP contribution in [0.3, 0.4) is 0 Å². The quantitative estimate of drug-likeness (QED) is 0.756. The third-order valence-electron chi connectivity index (χ3n) is 1.80. The number of hydrogen-bond acceptors (Lipinski definition) is 4. The van der Waals surface area contributed by atoms with Crippen molar-refractivity contribution in [2.24, 2.45) is 0 Å². The number of hydrogen-bond donors (Lipinski definition) is 1. The molecule has 0 unspecified atom stereocenters. The number of aromatic nitrogens is 3. The molecule has 0 aliphatic rings. The molecule has 0 fully saturated rings. The van der Waals surface area contributed by atoms with Gasteiger partial charge >= 0.3 is 0 Å². The number of thioether (sulfide) groups is 1. The van der Waals surface area contributed by atoms with Crippen molar-refractivity contribution in [2.75, 3.05) is 26.4 Å². The van der Waals surface area contributed by atoms with Crippen LogP contribution in [0.5, 0.6) is 0 Å². The lowest BCUT2D eigenvalue weighted by atomic mass is 10.2. The molecule has 0 bridgehead atoms. The Morgan fingerprint density at radius 3 is 2.64 bits per heavy atom. The summed E-state index contributed by atoms with van der Waals surface area (Å²) in [6, 6.07) is 0. The topological polar surface area (TPSA) is 44.8 Å². The fourth-order valence-electron chi connectivity index (χ4n) is 0.900. The fourth-order valence-corrected chi connectivity index (χ4v) is 1.81. The van der Waals surface area contributed by atoms with Gasteiger partial charge in [-0.15, -0.1) is 5.10 Å². The zero-order valence-electron chi connectivity index (χ0n) is 9.24. The monoisotopic (exact) mass is 214 g/mol. The number of H-pyrrole nitrogens is 1. The van der Waals surface area contributed by atoms with E-state index in [-0.39, 0.29) is 0 Å². The van der Waals surface area contributed by atoms with E-state index in [2.05, 4.69) is 48.0 Å². The maximum Gasteiger partial charge on any atom is 0.208 e. The molecule has 1 heterocycles. The van der Waals surface area contributed by atoms with Gasteiger partial charge in [-0.05, 0) is 14.1 Å². The van der Waals surface area contributed by atoms with Crippen LogP contribution in [0.1, 0.15) is 25.6 Å². The Morgan fingerprint density at radius 2 is 2.14 bits per heavy atom. The van der Waals surface area contributed by atoms with Crippen LogP contribution >= 0.6 is 11.8 Å². The normalized spacial score (nSPS) is 11.6. The average molecular weight is 214 g/mol. The molecule has 0 aliphatic heterocycles. The van der Waals surface area contributed by atoms with Crippen LogP contribution in [-0.2, 0) is 0 Å². The highest BCUT2D eigenvalue weighted by Crippen LogP contribution is 2.15. The lowest BCUT2D eigenvalue weighted by molar-refractivity contribution is 0.437. The van der Waals surface area contributed by atoms with Crippen molar-refractivity contribution >= 4 is 11.8 Å². The minimum atomic E-state index is 0.422. The molecule has 1 aromatic rings. The minimum absolute atomic E-state index is 0.422. The van der Waals surface area contributed by atoms with E-state index < -0.39 is 0 Å². The Labute approximate surface area is 89.5 Å². The largest absolute Gasteiger partial charge is 0.309 e. The van der Waals surface area contributed by atoms with E-state index in [1.165, 1.54) is 0 Å². The summed E-state index contributed by atoms with van der Waals surface area (Å²) in [5, 5.41) is 7.95. The van der Waals surface area contributed by atoms with Crippen molar-refractivity contribution in [3.63, 3.8) is 0 Å². The Balaban J connectivity index is 2.36. The van der Waals surface area contributed by atoms with Crippen molar-refractivity contribution in [3.05, 3.63) is 5.82 Å². The van der Waals surface area contributed by atoms with Crippen LogP contribution in [0.4, 0.5) is 0 Å². The van der Waals surface area contributed by atoms with Gasteiger partial charge in [0, 0.05) is 18.2 Å². The molecule has 4 nitrogen and oxygen atoms in total. The highest BCUT2D eigenvalue weighted by atomic mass is 32.2. The second kappa shape index (κ2) is 5.36. The molecule has 0 amide bonds. The van der Waals surface area contributed by atoms with E-state index in [4.69, 9.17) is 0 Å². The van der Waals surface area contributed by atoms with E-state index in [1.54, 1.807) is 11.8 Å². The molecular weight excluding hydrogens is 196 g/mol. The molecule has 0 saturated heterocycles. The number of rotatable bonds is 5. The number of nitrogens with zero attached hydrogens (tertiary/aromatic N) is 3. The van der Waals surface area contributed by atoms with Gasteiger partial charge in [0.05, 0.1) is 0 Å². The first-order valence-electron chi connectivity index (χ1n) is 4.79. The Hall–Kier alpha value is -0.550. The van der Waals surface area contributed by atoms with Crippen molar-refractivity contribution in [1.29, 1.82) is 0 Å². The lowest BCUT2D eigenvalue weighted by Crippen LogP contribution is -2.14. The van der Waals surface area contributed by atoms with Gasteiger partial charge in [-0.2, -0.15) is 0 Å². The molecule has 0 radical (unpaired) electrons. The molecule has 1 N–H and O–H groups in total. The predicted octanol–water partition coefficient (Wildman–Crippen LogP) is 1.58. The van der Waals surface area contributed by atoms with Gasteiger partial charge in [-0.1, -0.05) is 25.6 Å². The first-order valence-corrected chi connectivity index (χ1v) is 5.78. The van der Waals surface area contributed by atoms with Crippen LogP contribution in [0.15, 0.2) is 5.16 Å². The molecule has 0 aliphatic carbocycles. The summed E-state index contributed by atoms with van der Waals surface area (Å²) in [5.74, 6) is 2.42. The summed E-state index contributed by atoms with van der Waals surface area (Å²) >= 11 is 1.69. The maximum atomic E-state index is 4.38. The van der Waals surface area contributed by atoms with Crippen LogP contribution in [0.25, 0.3) is 0 Å². The summed E-state index contributed by atoms with van der Waals surface area (Å²) in [7, 11) is 4.14. The van der Waals surface area contributed by atoms with E-state index in [0.717, 1.165) is 23.3 Å². The first-order chi connectivity index (χ1) is 6.59. The summed E-state index contributed by atoms with van der Waals surface area (Å²) in [5.41, 5.74) is 0. The van der Waals surface area contributed by atoms with Crippen LogP contribution < -0.4 is 0 Å². The zero-order valence-corrected chi connectivity index (χ0v) is 10.1. The third-order valence-corrected chi connectivity index (χ3v) is 2.63. The molecule has 1 rings (SSSR count). The van der Waals surface area contributed by atoms with Gasteiger partial charge in [-0.25, -0.2) is 4.98 Å². The highest BCUT2D eigenvalue weighted by molar-refractivity contribution is 7.99. The highest BCUT2D eigenvalue weighted by Gasteiger charge is 2.06. The molecule has 0 aromatic carbocycles. The van der Waals surface area contributed by atoms with Crippen molar-refractivity contribution in [2.45, 2.75) is 24.9 Å².